The van der Waals surface area contributed by atoms with E-state index in [0.29, 0.717) is 6.54 Å². The third-order valence-corrected chi connectivity index (χ3v) is 2.60. The van der Waals surface area contributed by atoms with Crippen molar-refractivity contribution in [3.8, 4) is 11.5 Å². The second-order valence-electron chi connectivity index (χ2n) is 4.62. The zero-order valence-corrected chi connectivity index (χ0v) is 13.4. The van der Waals surface area contributed by atoms with E-state index in [4.69, 9.17) is 12.2 Å². The van der Waals surface area contributed by atoms with Crippen LogP contribution in [0, 0.1) is 0 Å². The van der Waals surface area contributed by atoms with Gasteiger partial charge in [0.25, 0.3) is 0 Å². The molecule has 0 amide bonds. The number of hydrogen-bond donors (Lipinski definition) is 2. The molecule has 0 atom stereocenters. The number of ether oxygens (including phenoxy) is 2. The lowest BCUT2D eigenvalue weighted by atomic mass is 10.2. The van der Waals surface area contributed by atoms with Gasteiger partial charge in [-0.15, -0.1) is 6.58 Å². The van der Waals surface area contributed by atoms with Crippen LogP contribution in [0.4, 0.5) is 32.0 Å². The summed E-state index contributed by atoms with van der Waals surface area (Å²) in [5.74, 6) is -0.656. The van der Waals surface area contributed by atoms with Gasteiger partial charge in [0.05, 0.1) is 0 Å². The van der Waals surface area contributed by atoms with Gasteiger partial charge in [-0.2, -0.15) is 26.3 Å². The molecule has 0 bridgehead atoms. The lowest BCUT2D eigenvalue weighted by Gasteiger charge is -2.15. The molecule has 0 unspecified atom stereocenters. The molecule has 25 heavy (non-hydrogen) atoms. The second kappa shape index (κ2) is 8.79. The van der Waals surface area contributed by atoms with Gasteiger partial charge in [0, 0.05) is 30.4 Å². The number of anilines is 1. The van der Waals surface area contributed by atoms with Crippen LogP contribution in [0.3, 0.4) is 0 Å². The van der Waals surface area contributed by atoms with Crippen LogP contribution in [0.1, 0.15) is 0 Å². The smallest absolute Gasteiger partial charge is 0.422 e. The molecule has 1 rings (SSSR count). The molecule has 1 aromatic carbocycles. The molecule has 0 spiro atoms. The van der Waals surface area contributed by atoms with E-state index in [-0.39, 0.29) is 22.3 Å². The van der Waals surface area contributed by atoms with Gasteiger partial charge in [-0.05, 0) is 12.2 Å². The molecule has 1 aromatic rings. The Morgan fingerprint density at radius 1 is 1.00 bits per heavy atom. The summed E-state index contributed by atoms with van der Waals surface area (Å²) < 4.78 is 82.5. The number of alkyl halides is 6. The van der Waals surface area contributed by atoms with Crippen molar-refractivity contribution in [3.63, 3.8) is 0 Å². The first kappa shape index (κ1) is 20.9. The first-order valence-corrected chi connectivity index (χ1v) is 7.09. The summed E-state index contributed by atoms with van der Waals surface area (Å²) in [6, 6.07) is 3.21. The molecule has 0 saturated heterocycles. The topological polar surface area (TPSA) is 42.5 Å². The van der Waals surface area contributed by atoms with Gasteiger partial charge in [-0.1, -0.05) is 6.08 Å². The average Bonchev–Trinajstić information content (AvgIpc) is 2.47. The first-order valence-electron chi connectivity index (χ1n) is 6.68. The van der Waals surface area contributed by atoms with Crippen LogP contribution in [-0.2, 0) is 0 Å². The molecule has 2 N–H and O–H groups in total. The summed E-state index contributed by atoms with van der Waals surface area (Å²) in [6.45, 7) is 0.567. The minimum absolute atomic E-state index is 0.0923. The number of benzene rings is 1. The summed E-state index contributed by atoms with van der Waals surface area (Å²) in [6.07, 6.45) is -7.69. The first-order chi connectivity index (χ1) is 11.5. The van der Waals surface area contributed by atoms with Crippen LogP contribution in [-0.4, -0.2) is 37.2 Å². The third kappa shape index (κ3) is 9.65. The zero-order chi connectivity index (χ0) is 19.1. The molecular formula is C14H14F6N2O2S. The van der Waals surface area contributed by atoms with Crippen LogP contribution in [0.25, 0.3) is 0 Å². The van der Waals surface area contributed by atoms with Crippen molar-refractivity contribution in [2.75, 3.05) is 25.1 Å². The number of rotatable bonds is 7. The molecule has 0 aliphatic rings. The van der Waals surface area contributed by atoms with Crippen LogP contribution in [0.2, 0.25) is 0 Å². The van der Waals surface area contributed by atoms with Gasteiger partial charge in [0.1, 0.15) is 11.5 Å². The quantitative estimate of drug-likeness (QED) is 0.419. The van der Waals surface area contributed by atoms with E-state index < -0.39 is 25.6 Å². The fourth-order valence-electron chi connectivity index (χ4n) is 1.48. The summed E-state index contributed by atoms with van der Waals surface area (Å²) in [5, 5.41) is 5.39. The number of hydrogen-bond acceptors (Lipinski definition) is 3. The van der Waals surface area contributed by atoms with E-state index in [1.165, 1.54) is 6.08 Å². The Hall–Kier alpha value is -2.17. The average molecular weight is 388 g/mol. The van der Waals surface area contributed by atoms with Crippen molar-refractivity contribution < 1.29 is 35.8 Å². The minimum Gasteiger partial charge on any atom is -0.484 e. The highest BCUT2D eigenvalue weighted by molar-refractivity contribution is 7.80. The molecule has 0 heterocycles. The summed E-state index contributed by atoms with van der Waals surface area (Å²) in [5.41, 5.74) is 0.0958. The Kier molecular flexibility index (Phi) is 7.34. The van der Waals surface area contributed by atoms with Gasteiger partial charge < -0.3 is 20.1 Å². The van der Waals surface area contributed by atoms with E-state index in [1.807, 2.05) is 0 Å². The maximum absolute atomic E-state index is 12.2. The Labute approximate surface area is 144 Å². The van der Waals surface area contributed by atoms with Gasteiger partial charge in [-0.3, -0.25) is 0 Å². The summed E-state index contributed by atoms with van der Waals surface area (Å²) >= 11 is 4.92. The molecule has 4 nitrogen and oxygen atoms in total. The number of nitrogens with one attached hydrogen (secondary N) is 2. The fraction of sp³-hybridized carbons (Fsp3) is 0.357. The van der Waals surface area contributed by atoms with E-state index in [2.05, 4.69) is 26.7 Å². The highest BCUT2D eigenvalue weighted by Crippen LogP contribution is 2.29. The molecule has 11 heteroatoms. The van der Waals surface area contributed by atoms with Gasteiger partial charge in [0.2, 0.25) is 0 Å². The van der Waals surface area contributed by atoms with E-state index in [9.17, 15) is 26.3 Å². The van der Waals surface area contributed by atoms with Gasteiger partial charge >= 0.3 is 12.4 Å². The Morgan fingerprint density at radius 2 is 1.48 bits per heavy atom. The third-order valence-electron chi connectivity index (χ3n) is 2.35. The largest absolute Gasteiger partial charge is 0.484 e. The Morgan fingerprint density at radius 3 is 1.88 bits per heavy atom. The predicted octanol–water partition coefficient (Wildman–Crippen LogP) is 4.04. The SMILES string of the molecule is C=CCNC(=S)Nc1cc(OCC(F)(F)F)cc(OCC(F)(F)F)c1. The lowest BCUT2D eigenvalue weighted by molar-refractivity contribution is -0.153. The predicted molar refractivity (Wildman–Crippen MR) is 84.0 cm³/mol. The molecule has 0 fully saturated rings. The fourth-order valence-corrected chi connectivity index (χ4v) is 1.68. The van der Waals surface area contributed by atoms with Crippen LogP contribution in [0.5, 0.6) is 11.5 Å². The molecule has 0 aromatic heterocycles. The maximum Gasteiger partial charge on any atom is 0.422 e. The lowest BCUT2D eigenvalue weighted by Crippen LogP contribution is -2.28. The van der Waals surface area contributed by atoms with Gasteiger partial charge in [0.15, 0.2) is 18.3 Å². The van der Waals surface area contributed by atoms with E-state index in [1.54, 1.807) is 0 Å². The van der Waals surface area contributed by atoms with Crippen LogP contribution in [0.15, 0.2) is 30.9 Å². The van der Waals surface area contributed by atoms with Gasteiger partial charge in [-0.25, -0.2) is 0 Å². The monoisotopic (exact) mass is 388 g/mol. The van der Waals surface area contributed by atoms with E-state index in [0.717, 1.165) is 18.2 Å². The van der Waals surface area contributed by atoms with Crippen molar-refractivity contribution in [2.45, 2.75) is 12.4 Å². The number of thiocarbonyl (C=S) groups is 1. The normalized spacial score (nSPS) is 11.6. The van der Waals surface area contributed by atoms with E-state index >= 15 is 0 Å². The second-order valence-corrected chi connectivity index (χ2v) is 5.03. The molecule has 0 aliphatic carbocycles. The number of halogens is 6. The van der Waals surface area contributed by atoms with Crippen molar-refractivity contribution in [1.29, 1.82) is 0 Å². The summed E-state index contributed by atoms with van der Waals surface area (Å²) in [7, 11) is 0. The van der Waals surface area contributed by atoms with Crippen molar-refractivity contribution in [3.05, 3.63) is 30.9 Å². The Bertz CT molecular complexity index is 568. The molecule has 0 radical (unpaired) electrons. The Balaban J connectivity index is 2.92. The van der Waals surface area contributed by atoms with Crippen LogP contribution >= 0.6 is 12.2 Å². The minimum atomic E-state index is -4.60. The van der Waals surface area contributed by atoms with Crippen LogP contribution < -0.4 is 20.1 Å². The van der Waals surface area contributed by atoms with Crippen molar-refractivity contribution >= 4 is 23.0 Å². The molecule has 0 aliphatic heterocycles. The van der Waals surface area contributed by atoms with Crippen molar-refractivity contribution in [2.24, 2.45) is 0 Å². The molecule has 0 saturated carbocycles. The standard InChI is InChI=1S/C14H14F6N2O2S/c1-2-3-21-12(25)22-9-4-10(23-7-13(15,16)17)6-11(5-9)24-8-14(18,19)20/h2,4-6H,1,3,7-8H2,(H2,21,22,25). The highest BCUT2D eigenvalue weighted by Gasteiger charge is 2.30. The molecule has 140 valence electrons. The molecular weight excluding hydrogens is 374 g/mol. The zero-order valence-electron chi connectivity index (χ0n) is 12.6. The highest BCUT2D eigenvalue weighted by atomic mass is 32.1. The maximum atomic E-state index is 12.2. The van der Waals surface area contributed by atoms with Crippen molar-refractivity contribution in [1.82, 2.24) is 5.32 Å². The summed E-state index contributed by atoms with van der Waals surface area (Å²) in [4.78, 5) is 0.